The zero-order valence-electron chi connectivity index (χ0n) is 10.7. The first-order valence-corrected chi connectivity index (χ1v) is 5.35. The smallest absolute Gasteiger partial charge is 0.00487 e. The van der Waals surface area contributed by atoms with Gasteiger partial charge in [-0.3, -0.25) is 0 Å². The van der Waals surface area contributed by atoms with E-state index in [-0.39, 0.29) is 0 Å². The monoisotopic (exact) mass is 192 g/mol. The molecule has 1 unspecified atom stereocenters. The van der Waals surface area contributed by atoms with Crippen LogP contribution >= 0.6 is 0 Å². The molecule has 0 aliphatic carbocycles. The molecule has 0 bridgehead atoms. The van der Waals surface area contributed by atoms with Crippen molar-refractivity contribution < 1.29 is 0 Å². The van der Waals surface area contributed by atoms with Gasteiger partial charge in [0, 0.05) is 0 Å². The zero-order valence-corrected chi connectivity index (χ0v) is 10.7. The molecule has 0 rings (SSSR count). The van der Waals surface area contributed by atoms with E-state index in [0.29, 0.717) is 5.92 Å². The predicted octanol–water partition coefficient (Wildman–Crippen LogP) is 4.89. The minimum Gasteiger partial charge on any atom is -0.0882 e. The van der Waals surface area contributed by atoms with Crippen molar-refractivity contribution in [3.05, 3.63) is 34.4 Å². The van der Waals surface area contributed by atoms with E-state index >= 15 is 0 Å². The lowest BCUT2D eigenvalue weighted by atomic mass is 9.96. The second kappa shape index (κ2) is 5.85. The minimum absolute atomic E-state index is 0.550. The molecule has 0 fully saturated rings. The molecule has 1 atom stereocenters. The van der Waals surface area contributed by atoms with Crippen LogP contribution in [0.1, 0.15) is 48.5 Å². The zero-order chi connectivity index (χ0) is 11.3. The molecule has 0 N–H and O–H groups in total. The Hall–Kier alpha value is -0.780. The van der Waals surface area contributed by atoms with E-state index in [1.54, 1.807) is 0 Å². The summed E-state index contributed by atoms with van der Waals surface area (Å²) < 4.78 is 0. The summed E-state index contributed by atoms with van der Waals surface area (Å²) in [7, 11) is 0. The normalized spacial score (nSPS) is 15.4. The Kier molecular flexibility index (Phi) is 5.52. The molecule has 0 aliphatic heterocycles. The lowest BCUT2D eigenvalue weighted by Gasteiger charge is -2.10. The third-order valence-corrected chi connectivity index (χ3v) is 3.02. The Morgan fingerprint density at radius 2 is 1.50 bits per heavy atom. The molecule has 0 aromatic heterocycles. The summed E-state index contributed by atoms with van der Waals surface area (Å²) in [6.45, 7) is 15.3. The molecule has 0 aromatic carbocycles. The first kappa shape index (κ1) is 13.2. The van der Waals surface area contributed by atoms with Crippen LogP contribution in [0.25, 0.3) is 0 Å². The molecule has 0 aromatic rings. The van der Waals surface area contributed by atoms with Gasteiger partial charge < -0.3 is 0 Å². The van der Waals surface area contributed by atoms with Gasteiger partial charge in [0.2, 0.25) is 0 Å². The van der Waals surface area contributed by atoms with Gasteiger partial charge in [0.05, 0.1) is 0 Å². The molecule has 0 heteroatoms. The maximum atomic E-state index is 2.34. The van der Waals surface area contributed by atoms with Crippen LogP contribution in [0, 0.1) is 5.92 Å². The molecule has 0 spiro atoms. The van der Waals surface area contributed by atoms with Crippen LogP contribution in [0.15, 0.2) is 34.4 Å². The van der Waals surface area contributed by atoms with Gasteiger partial charge in [-0.1, -0.05) is 35.8 Å². The minimum atomic E-state index is 0.550. The van der Waals surface area contributed by atoms with E-state index in [0.717, 1.165) is 0 Å². The SMILES string of the molecule is C/C=C(/C)C(C)/C=C(/C)C(C)=C(C)C. The number of allylic oxidation sites excluding steroid dienone is 6. The summed E-state index contributed by atoms with van der Waals surface area (Å²) in [6.07, 6.45) is 4.53. The van der Waals surface area contributed by atoms with E-state index in [1.165, 1.54) is 22.3 Å². The van der Waals surface area contributed by atoms with Gasteiger partial charge in [-0.25, -0.2) is 0 Å². The summed E-state index contributed by atoms with van der Waals surface area (Å²) >= 11 is 0. The highest BCUT2D eigenvalue weighted by Crippen LogP contribution is 2.19. The van der Waals surface area contributed by atoms with Gasteiger partial charge in [-0.05, 0) is 53.0 Å². The Bertz CT molecular complexity index is 270. The van der Waals surface area contributed by atoms with Crippen molar-refractivity contribution >= 4 is 0 Å². The fourth-order valence-corrected chi connectivity index (χ4v) is 1.29. The van der Waals surface area contributed by atoms with Gasteiger partial charge in [0.1, 0.15) is 0 Å². The lowest BCUT2D eigenvalue weighted by Crippen LogP contribution is -1.94. The van der Waals surface area contributed by atoms with Gasteiger partial charge in [-0.2, -0.15) is 0 Å². The van der Waals surface area contributed by atoms with Crippen molar-refractivity contribution in [2.24, 2.45) is 5.92 Å². The molecule has 14 heavy (non-hydrogen) atoms. The fourth-order valence-electron chi connectivity index (χ4n) is 1.29. The van der Waals surface area contributed by atoms with E-state index in [4.69, 9.17) is 0 Å². The lowest BCUT2D eigenvalue weighted by molar-refractivity contribution is 0.849. The number of hydrogen-bond acceptors (Lipinski definition) is 0. The van der Waals surface area contributed by atoms with Crippen LogP contribution in [-0.2, 0) is 0 Å². The van der Waals surface area contributed by atoms with Crippen molar-refractivity contribution in [2.75, 3.05) is 0 Å². The number of rotatable bonds is 3. The van der Waals surface area contributed by atoms with E-state index < -0.39 is 0 Å². The molecular formula is C14H24. The van der Waals surface area contributed by atoms with E-state index in [9.17, 15) is 0 Å². The Labute approximate surface area is 89.4 Å². The molecule has 0 saturated heterocycles. The van der Waals surface area contributed by atoms with Crippen LogP contribution in [0.3, 0.4) is 0 Å². The number of hydrogen-bond donors (Lipinski definition) is 0. The quantitative estimate of drug-likeness (QED) is 0.441. The van der Waals surface area contributed by atoms with E-state index in [1.807, 2.05) is 0 Å². The first-order chi connectivity index (χ1) is 6.40. The fraction of sp³-hybridized carbons (Fsp3) is 0.571. The highest BCUT2D eigenvalue weighted by Gasteiger charge is 2.02. The molecular weight excluding hydrogens is 168 g/mol. The molecule has 0 amide bonds. The third-order valence-electron chi connectivity index (χ3n) is 3.02. The third kappa shape index (κ3) is 3.95. The topological polar surface area (TPSA) is 0 Å². The van der Waals surface area contributed by atoms with Gasteiger partial charge >= 0.3 is 0 Å². The van der Waals surface area contributed by atoms with Crippen molar-refractivity contribution in [3.63, 3.8) is 0 Å². The first-order valence-electron chi connectivity index (χ1n) is 5.35. The maximum absolute atomic E-state index is 2.34. The average Bonchev–Trinajstić information content (AvgIpc) is 2.14. The van der Waals surface area contributed by atoms with Crippen LogP contribution < -0.4 is 0 Å². The van der Waals surface area contributed by atoms with Crippen molar-refractivity contribution in [2.45, 2.75) is 48.5 Å². The molecule has 0 aliphatic rings. The maximum Gasteiger partial charge on any atom is -0.00487 e. The summed E-state index contributed by atoms with van der Waals surface area (Å²) in [5.74, 6) is 0.550. The standard InChI is InChI=1S/C14H24/c1-8-11(4)12(5)9-13(6)14(7)10(2)3/h8-9,12H,1-7H3/b11-8-,13-9-. The van der Waals surface area contributed by atoms with Crippen LogP contribution in [0.5, 0.6) is 0 Å². The molecule has 0 nitrogen and oxygen atoms in total. The Morgan fingerprint density at radius 3 is 1.86 bits per heavy atom. The second-order valence-electron chi connectivity index (χ2n) is 4.30. The highest BCUT2D eigenvalue weighted by molar-refractivity contribution is 5.32. The van der Waals surface area contributed by atoms with Crippen molar-refractivity contribution in [1.29, 1.82) is 0 Å². The van der Waals surface area contributed by atoms with Gasteiger partial charge in [-0.15, -0.1) is 0 Å². The van der Waals surface area contributed by atoms with Crippen molar-refractivity contribution in [3.8, 4) is 0 Å². The van der Waals surface area contributed by atoms with Crippen LogP contribution in [0.4, 0.5) is 0 Å². The Morgan fingerprint density at radius 1 is 1.00 bits per heavy atom. The Balaban J connectivity index is 4.78. The average molecular weight is 192 g/mol. The summed E-state index contributed by atoms with van der Waals surface area (Å²) in [5, 5.41) is 0. The second-order valence-corrected chi connectivity index (χ2v) is 4.30. The molecule has 0 saturated carbocycles. The summed E-state index contributed by atoms with van der Waals surface area (Å²) in [4.78, 5) is 0. The van der Waals surface area contributed by atoms with Crippen LogP contribution in [-0.4, -0.2) is 0 Å². The summed E-state index contributed by atoms with van der Waals surface area (Å²) in [5.41, 5.74) is 5.66. The van der Waals surface area contributed by atoms with Gasteiger partial charge in [0.25, 0.3) is 0 Å². The molecule has 0 heterocycles. The molecule has 0 radical (unpaired) electrons. The van der Waals surface area contributed by atoms with E-state index in [2.05, 4.69) is 60.6 Å². The van der Waals surface area contributed by atoms with Gasteiger partial charge in [0.15, 0.2) is 0 Å². The predicted molar refractivity (Wildman–Crippen MR) is 66.4 cm³/mol. The van der Waals surface area contributed by atoms with Crippen molar-refractivity contribution in [1.82, 2.24) is 0 Å². The molecule has 80 valence electrons. The summed E-state index contributed by atoms with van der Waals surface area (Å²) in [6, 6.07) is 0. The largest absolute Gasteiger partial charge is 0.0882 e. The van der Waals surface area contributed by atoms with Crippen LogP contribution in [0.2, 0.25) is 0 Å². The highest BCUT2D eigenvalue weighted by atomic mass is 14.1.